The Morgan fingerprint density at radius 1 is 1.45 bits per heavy atom. The highest BCUT2D eigenvalue weighted by molar-refractivity contribution is 7.80. The number of thiocarbonyl (C=S) groups is 1. The zero-order valence-corrected chi connectivity index (χ0v) is 13.3. The van der Waals surface area contributed by atoms with Crippen LogP contribution in [0.1, 0.15) is 37.6 Å². The van der Waals surface area contributed by atoms with Crippen molar-refractivity contribution in [3.63, 3.8) is 0 Å². The summed E-state index contributed by atoms with van der Waals surface area (Å²) in [4.78, 5) is 11.9. The van der Waals surface area contributed by atoms with Gasteiger partial charge < -0.3 is 14.8 Å². The molecule has 20 heavy (non-hydrogen) atoms. The van der Waals surface area contributed by atoms with E-state index in [0.717, 1.165) is 6.42 Å². The number of carbonyl (C=O) groups excluding carboxylic acids is 1. The first-order chi connectivity index (χ1) is 9.43. The second kappa shape index (κ2) is 8.07. The number of rotatable bonds is 5. The van der Waals surface area contributed by atoms with Gasteiger partial charge in [0.25, 0.3) is 5.17 Å². The molecular formula is C14H18ClNO3S. The Morgan fingerprint density at radius 3 is 2.75 bits per heavy atom. The van der Waals surface area contributed by atoms with Crippen LogP contribution in [0.3, 0.4) is 0 Å². The van der Waals surface area contributed by atoms with Gasteiger partial charge in [-0.05, 0) is 50.7 Å². The first-order valence-corrected chi connectivity index (χ1v) is 7.17. The fourth-order valence-electron chi connectivity index (χ4n) is 1.39. The van der Waals surface area contributed by atoms with Crippen LogP contribution in [-0.2, 0) is 9.47 Å². The molecule has 0 atom stereocenters. The molecule has 0 aliphatic carbocycles. The van der Waals surface area contributed by atoms with E-state index < -0.39 is 5.97 Å². The summed E-state index contributed by atoms with van der Waals surface area (Å²) in [5, 5.41) is 3.49. The topological polar surface area (TPSA) is 47.6 Å². The first kappa shape index (κ1) is 16.7. The molecule has 0 unspecified atom stereocenters. The maximum Gasteiger partial charge on any atom is 0.339 e. The maximum atomic E-state index is 11.9. The van der Waals surface area contributed by atoms with Crippen LogP contribution in [0.25, 0.3) is 0 Å². The van der Waals surface area contributed by atoms with E-state index in [1.54, 1.807) is 32.0 Å². The van der Waals surface area contributed by atoms with E-state index >= 15 is 0 Å². The molecule has 1 rings (SSSR count). The molecular weight excluding hydrogens is 298 g/mol. The number of benzene rings is 1. The standard InChI is InChI=1S/C14H18ClNO3S/c1-4-7-18-14(20)16-10-5-6-12(15)11(8-10)13(17)19-9(2)3/h5-6,8-9H,4,7H2,1-3H3,(H,16,20). The molecule has 4 nitrogen and oxygen atoms in total. The van der Waals surface area contributed by atoms with Gasteiger partial charge >= 0.3 is 5.97 Å². The third-order valence-corrected chi connectivity index (χ3v) is 2.76. The largest absolute Gasteiger partial charge is 0.471 e. The molecule has 0 aliphatic rings. The van der Waals surface area contributed by atoms with Crippen LogP contribution in [0.4, 0.5) is 5.69 Å². The van der Waals surface area contributed by atoms with Gasteiger partial charge in [0.2, 0.25) is 0 Å². The Labute approximate surface area is 129 Å². The van der Waals surface area contributed by atoms with Crippen LogP contribution in [0.5, 0.6) is 0 Å². The lowest BCUT2D eigenvalue weighted by Crippen LogP contribution is -2.15. The lowest BCUT2D eigenvalue weighted by atomic mass is 10.2. The average molecular weight is 316 g/mol. The van der Waals surface area contributed by atoms with Gasteiger partial charge in [-0.1, -0.05) is 18.5 Å². The minimum absolute atomic E-state index is 0.204. The number of hydrogen-bond donors (Lipinski definition) is 1. The monoisotopic (exact) mass is 315 g/mol. The molecule has 0 bridgehead atoms. The third kappa shape index (κ3) is 5.35. The molecule has 6 heteroatoms. The lowest BCUT2D eigenvalue weighted by molar-refractivity contribution is 0.0378. The molecule has 0 amide bonds. The van der Waals surface area contributed by atoms with Gasteiger partial charge in [0, 0.05) is 5.69 Å². The Kier molecular flexibility index (Phi) is 6.75. The summed E-state index contributed by atoms with van der Waals surface area (Å²) < 4.78 is 10.4. The Morgan fingerprint density at radius 2 is 2.15 bits per heavy atom. The summed E-state index contributed by atoms with van der Waals surface area (Å²) in [5.74, 6) is -0.464. The van der Waals surface area contributed by atoms with Crippen molar-refractivity contribution < 1.29 is 14.3 Å². The van der Waals surface area contributed by atoms with Crippen molar-refractivity contribution >= 4 is 40.7 Å². The molecule has 0 saturated heterocycles. The van der Waals surface area contributed by atoms with Gasteiger partial charge in [0.15, 0.2) is 0 Å². The summed E-state index contributed by atoms with van der Waals surface area (Å²) in [6.07, 6.45) is 0.665. The van der Waals surface area contributed by atoms with Crippen LogP contribution in [0.2, 0.25) is 5.02 Å². The SMILES string of the molecule is CCCOC(=S)Nc1ccc(Cl)c(C(=O)OC(C)C)c1. The predicted octanol–water partition coefficient (Wildman–Crippen LogP) is 4.03. The Balaban J connectivity index is 2.80. The fourth-order valence-corrected chi connectivity index (χ4v) is 1.78. The van der Waals surface area contributed by atoms with Gasteiger partial charge in [-0.25, -0.2) is 4.79 Å². The lowest BCUT2D eigenvalue weighted by Gasteiger charge is -2.12. The second-order valence-electron chi connectivity index (χ2n) is 4.41. The molecule has 1 aromatic carbocycles. The summed E-state index contributed by atoms with van der Waals surface area (Å²) in [7, 11) is 0. The normalized spacial score (nSPS) is 10.2. The van der Waals surface area contributed by atoms with E-state index in [-0.39, 0.29) is 11.3 Å². The van der Waals surface area contributed by atoms with Crippen molar-refractivity contribution in [3.05, 3.63) is 28.8 Å². The quantitative estimate of drug-likeness (QED) is 0.656. The Hall–Kier alpha value is -1.33. The summed E-state index contributed by atoms with van der Waals surface area (Å²) in [5.41, 5.74) is 0.926. The van der Waals surface area contributed by atoms with Crippen LogP contribution in [0.15, 0.2) is 18.2 Å². The zero-order chi connectivity index (χ0) is 15.1. The number of ether oxygens (including phenoxy) is 2. The van der Waals surface area contributed by atoms with Crippen molar-refractivity contribution in [2.24, 2.45) is 0 Å². The van der Waals surface area contributed by atoms with Crippen LogP contribution >= 0.6 is 23.8 Å². The van der Waals surface area contributed by atoms with E-state index in [4.69, 9.17) is 33.3 Å². The van der Waals surface area contributed by atoms with Gasteiger partial charge in [0.05, 0.1) is 23.3 Å². The second-order valence-corrected chi connectivity index (χ2v) is 5.19. The average Bonchev–Trinajstić information content (AvgIpc) is 2.37. The highest BCUT2D eigenvalue weighted by Crippen LogP contribution is 2.22. The number of carbonyl (C=O) groups is 1. The van der Waals surface area contributed by atoms with E-state index in [1.807, 2.05) is 6.92 Å². The Bertz CT molecular complexity index is 491. The van der Waals surface area contributed by atoms with Crippen molar-refractivity contribution in [1.82, 2.24) is 0 Å². The first-order valence-electron chi connectivity index (χ1n) is 6.38. The minimum atomic E-state index is -0.464. The molecule has 110 valence electrons. The predicted molar refractivity (Wildman–Crippen MR) is 84.5 cm³/mol. The van der Waals surface area contributed by atoms with Gasteiger partial charge in [0.1, 0.15) is 0 Å². The molecule has 0 saturated carbocycles. The van der Waals surface area contributed by atoms with E-state index in [1.165, 1.54) is 0 Å². The molecule has 0 fully saturated rings. The fraction of sp³-hybridized carbons (Fsp3) is 0.429. The number of esters is 1. The third-order valence-electron chi connectivity index (χ3n) is 2.21. The minimum Gasteiger partial charge on any atom is -0.471 e. The number of hydrogen-bond acceptors (Lipinski definition) is 4. The summed E-state index contributed by atoms with van der Waals surface area (Å²) >= 11 is 11.0. The summed E-state index contributed by atoms with van der Waals surface area (Å²) in [6, 6.07) is 4.92. The number of anilines is 1. The van der Waals surface area contributed by atoms with Gasteiger partial charge in [-0.2, -0.15) is 0 Å². The summed E-state index contributed by atoms with van der Waals surface area (Å²) in [6.45, 7) is 6.09. The molecule has 0 heterocycles. The van der Waals surface area contributed by atoms with Crippen molar-refractivity contribution in [3.8, 4) is 0 Å². The molecule has 1 N–H and O–H groups in total. The molecule has 0 aromatic heterocycles. The van der Waals surface area contributed by atoms with E-state index in [9.17, 15) is 4.79 Å². The molecule has 0 aliphatic heterocycles. The van der Waals surface area contributed by atoms with Crippen molar-refractivity contribution in [2.75, 3.05) is 11.9 Å². The highest BCUT2D eigenvalue weighted by Gasteiger charge is 2.14. The molecule has 0 spiro atoms. The van der Waals surface area contributed by atoms with Crippen LogP contribution < -0.4 is 5.32 Å². The van der Waals surface area contributed by atoms with Crippen LogP contribution in [-0.4, -0.2) is 23.9 Å². The maximum absolute atomic E-state index is 11.9. The van der Waals surface area contributed by atoms with Gasteiger partial charge in [-0.15, -0.1) is 0 Å². The molecule has 0 radical (unpaired) electrons. The number of halogens is 1. The molecule has 1 aromatic rings. The number of nitrogens with one attached hydrogen (secondary N) is 1. The van der Waals surface area contributed by atoms with Crippen molar-refractivity contribution in [2.45, 2.75) is 33.3 Å². The van der Waals surface area contributed by atoms with Gasteiger partial charge in [-0.3, -0.25) is 0 Å². The highest BCUT2D eigenvalue weighted by atomic mass is 35.5. The zero-order valence-electron chi connectivity index (χ0n) is 11.7. The smallest absolute Gasteiger partial charge is 0.339 e. The van der Waals surface area contributed by atoms with Crippen molar-refractivity contribution in [1.29, 1.82) is 0 Å². The van der Waals surface area contributed by atoms with E-state index in [0.29, 0.717) is 22.9 Å². The van der Waals surface area contributed by atoms with Crippen LogP contribution in [0, 0.1) is 0 Å². The van der Waals surface area contributed by atoms with E-state index in [2.05, 4.69) is 5.32 Å².